The predicted octanol–water partition coefficient (Wildman–Crippen LogP) is 18.2. The molecule has 6 heteroatoms. The van der Waals surface area contributed by atoms with Gasteiger partial charge in [0.05, 0.1) is 0 Å². The number of carbonyl (C=O) groups excluding carboxylic acids is 3. The largest absolute Gasteiger partial charge is 0.462 e. The Balaban J connectivity index is 4.40. The van der Waals surface area contributed by atoms with E-state index in [-0.39, 0.29) is 31.1 Å². The summed E-state index contributed by atoms with van der Waals surface area (Å²) in [6.45, 7) is 6.49. The van der Waals surface area contributed by atoms with Gasteiger partial charge >= 0.3 is 17.9 Å². The van der Waals surface area contributed by atoms with Crippen LogP contribution in [0.3, 0.4) is 0 Å². The summed E-state index contributed by atoms with van der Waals surface area (Å²) in [7, 11) is 0. The minimum Gasteiger partial charge on any atom is -0.462 e. The second-order valence-electron chi connectivity index (χ2n) is 18.1. The van der Waals surface area contributed by atoms with Crippen LogP contribution in [0, 0.1) is 0 Å². The van der Waals surface area contributed by atoms with E-state index in [1.54, 1.807) is 0 Å². The fourth-order valence-corrected chi connectivity index (χ4v) is 7.60. The third-order valence-corrected chi connectivity index (χ3v) is 11.7. The Morgan fingerprint density at radius 3 is 1.06 bits per heavy atom. The van der Waals surface area contributed by atoms with Gasteiger partial charge in [-0.05, 0) is 83.5 Å². The van der Waals surface area contributed by atoms with E-state index >= 15 is 0 Å². The van der Waals surface area contributed by atoms with Crippen molar-refractivity contribution in [3.05, 3.63) is 72.9 Å². The zero-order valence-corrected chi connectivity index (χ0v) is 42.7. The van der Waals surface area contributed by atoms with E-state index in [1.807, 2.05) is 0 Å². The molecule has 0 saturated carbocycles. The number of carbonyl (C=O) groups is 3. The highest BCUT2D eigenvalue weighted by Gasteiger charge is 2.19. The van der Waals surface area contributed by atoms with Gasteiger partial charge < -0.3 is 14.2 Å². The normalized spacial score (nSPS) is 12.6. The van der Waals surface area contributed by atoms with Crippen molar-refractivity contribution >= 4 is 17.9 Å². The van der Waals surface area contributed by atoms with Crippen molar-refractivity contribution in [1.82, 2.24) is 0 Å². The molecule has 6 nitrogen and oxygen atoms in total. The SMILES string of the molecule is CC/C=C\C/C=C\C/C=C\C/C=C\CCCCCCCCC(=O)OCC(COC(=O)CCCCCCCCCCCCCCC)OC(=O)CCCCCCCC/C=C\C=C/CCCCC. The summed E-state index contributed by atoms with van der Waals surface area (Å²) in [5.74, 6) is -0.903. The number of ether oxygens (including phenoxy) is 3. The van der Waals surface area contributed by atoms with Crippen LogP contribution in [-0.2, 0) is 28.6 Å². The van der Waals surface area contributed by atoms with Gasteiger partial charge in [-0.25, -0.2) is 0 Å². The molecule has 0 aliphatic carbocycles. The first-order valence-corrected chi connectivity index (χ1v) is 27.5. The molecule has 0 aromatic heterocycles. The van der Waals surface area contributed by atoms with Crippen molar-refractivity contribution in [3.63, 3.8) is 0 Å². The Morgan fingerprint density at radius 2 is 0.646 bits per heavy atom. The van der Waals surface area contributed by atoms with Crippen LogP contribution in [0.2, 0.25) is 0 Å². The standard InChI is InChI=1S/C59H102O6/c1-4-7-10-13-16-19-22-25-27-28-29-30-32-34-37-40-43-46-49-52-58(61)64-55-56(54-63-57(60)51-48-45-42-39-36-33-24-21-18-15-12-9-6-3)65-59(62)53-50-47-44-41-38-35-31-26-23-20-17-14-11-8-5-2/h7,10,16-17,19-20,23,25-27,29-30,56H,4-6,8-9,11-15,18,21-22,24,28,31-55H2,1-3H3/b10-7-,19-16-,20-17-,26-23-,27-25-,30-29-. The first-order valence-electron chi connectivity index (χ1n) is 27.5. The first-order chi connectivity index (χ1) is 32.0. The molecule has 0 spiro atoms. The molecule has 65 heavy (non-hydrogen) atoms. The average molecular weight is 907 g/mol. The van der Waals surface area contributed by atoms with Crippen LogP contribution >= 0.6 is 0 Å². The predicted molar refractivity (Wildman–Crippen MR) is 279 cm³/mol. The van der Waals surface area contributed by atoms with Gasteiger partial charge in [-0.1, -0.05) is 235 Å². The molecule has 0 aromatic rings. The second-order valence-corrected chi connectivity index (χ2v) is 18.1. The molecule has 1 unspecified atom stereocenters. The first kappa shape index (κ1) is 61.9. The van der Waals surface area contributed by atoms with Gasteiger partial charge in [0.25, 0.3) is 0 Å². The van der Waals surface area contributed by atoms with E-state index in [1.165, 1.54) is 122 Å². The van der Waals surface area contributed by atoms with E-state index in [0.29, 0.717) is 19.3 Å². The monoisotopic (exact) mass is 907 g/mol. The van der Waals surface area contributed by atoms with Gasteiger partial charge in [0.2, 0.25) is 0 Å². The number of rotatable bonds is 49. The molecule has 0 amide bonds. The van der Waals surface area contributed by atoms with Crippen molar-refractivity contribution in [2.75, 3.05) is 13.2 Å². The van der Waals surface area contributed by atoms with Gasteiger partial charge in [0.1, 0.15) is 13.2 Å². The molecule has 0 heterocycles. The molecule has 1 atom stereocenters. The van der Waals surface area contributed by atoms with Crippen molar-refractivity contribution < 1.29 is 28.6 Å². The van der Waals surface area contributed by atoms with Crippen molar-refractivity contribution in [2.45, 2.75) is 271 Å². The summed E-state index contributed by atoms with van der Waals surface area (Å²) < 4.78 is 16.8. The lowest BCUT2D eigenvalue weighted by Gasteiger charge is -2.18. The van der Waals surface area contributed by atoms with E-state index in [4.69, 9.17) is 14.2 Å². The van der Waals surface area contributed by atoms with Gasteiger partial charge in [-0.3, -0.25) is 14.4 Å². The lowest BCUT2D eigenvalue weighted by atomic mass is 10.0. The maximum absolute atomic E-state index is 12.8. The average Bonchev–Trinajstić information content (AvgIpc) is 3.30. The highest BCUT2D eigenvalue weighted by Crippen LogP contribution is 2.15. The van der Waals surface area contributed by atoms with Crippen LogP contribution < -0.4 is 0 Å². The molecule has 0 bridgehead atoms. The number of hydrogen-bond acceptors (Lipinski definition) is 6. The highest BCUT2D eigenvalue weighted by molar-refractivity contribution is 5.71. The van der Waals surface area contributed by atoms with Crippen molar-refractivity contribution in [3.8, 4) is 0 Å². The van der Waals surface area contributed by atoms with Crippen LogP contribution in [0.15, 0.2) is 72.9 Å². The molecule has 0 fully saturated rings. The van der Waals surface area contributed by atoms with Crippen molar-refractivity contribution in [2.24, 2.45) is 0 Å². The van der Waals surface area contributed by atoms with Crippen LogP contribution in [0.25, 0.3) is 0 Å². The Hall–Kier alpha value is -3.15. The Bertz CT molecular complexity index is 1230. The molecule has 0 saturated heterocycles. The molecular formula is C59H102O6. The van der Waals surface area contributed by atoms with Gasteiger partial charge in [0, 0.05) is 19.3 Å². The topological polar surface area (TPSA) is 78.9 Å². The van der Waals surface area contributed by atoms with E-state index in [9.17, 15) is 14.4 Å². The Morgan fingerprint density at radius 1 is 0.338 bits per heavy atom. The third-order valence-electron chi connectivity index (χ3n) is 11.7. The maximum Gasteiger partial charge on any atom is 0.306 e. The zero-order valence-electron chi connectivity index (χ0n) is 42.7. The summed E-state index contributed by atoms with van der Waals surface area (Å²) in [4.78, 5) is 38.1. The summed E-state index contributed by atoms with van der Waals surface area (Å²) in [5.41, 5.74) is 0. The highest BCUT2D eigenvalue weighted by atomic mass is 16.6. The molecule has 0 rings (SSSR count). The van der Waals surface area contributed by atoms with Gasteiger partial charge in [-0.2, -0.15) is 0 Å². The van der Waals surface area contributed by atoms with E-state index in [0.717, 1.165) is 103 Å². The molecule has 0 N–H and O–H groups in total. The van der Waals surface area contributed by atoms with E-state index < -0.39 is 6.10 Å². The molecule has 374 valence electrons. The lowest BCUT2D eigenvalue weighted by molar-refractivity contribution is -0.167. The lowest BCUT2D eigenvalue weighted by Crippen LogP contribution is -2.30. The minimum absolute atomic E-state index is 0.0830. The zero-order chi connectivity index (χ0) is 47.2. The fourth-order valence-electron chi connectivity index (χ4n) is 7.60. The number of allylic oxidation sites excluding steroid dienone is 12. The van der Waals surface area contributed by atoms with Crippen LogP contribution in [0.5, 0.6) is 0 Å². The number of unbranched alkanes of at least 4 members (excludes halogenated alkanes) is 27. The Labute approximate surface area is 402 Å². The van der Waals surface area contributed by atoms with Crippen LogP contribution in [-0.4, -0.2) is 37.2 Å². The van der Waals surface area contributed by atoms with Crippen LogP contribution in [0.4, 0.5) is 0 Å². The smallest absolute Gasteiger partial charge is 0.306 e. The fraction of sp³-hybridized carbons (Fsp3) is 0.746. The minimum atomic E-state index is -0.786. The molecule has 0 aliphatic rings. The summed E-state index contributed by atoms with van der Waals surface area (Å²) in [6, 6.07) is 0. The second kappa shape index (κ2) is 53.5. The quantitative estimate of drug-likeness (QED) is 0.0199. The summed E-state index contributed by atoms with van der Waals surface area (Å²) in [6.07, 6.45) is 67.4. The molecular weight excluding hydrogens is 805 g/mol. The van der Waals surface area contributed by atoms with Gasteiger partial charge in [-0.15, -0.1) is 0 Å². The number of esters is 3. The maximum atomic E-state index is 12.8. The third kappa shape index (κ3) is 51.7. The molecule has 0 aliphatic heterocycles. The summed E-state index contributed by atoms with van der Waals surface area (Å²) in [5, 5.41) is 0. The van der Waals surface area contributed by atoms with Crippen molar-refractivity contribution in [1.29, 1.82) is 0 Å². The summed E-state index contributed by atoms with van der Waals surface area (Å²) >= 11 is 0. The van der Waals surface area contributed by atoms with E-state index in [2.05, 4.69) is 93.7 Å². The van der Waals surface area contributed by atoms with Crippen LogP contribution in [0.1, 0.15) is 265 Å². The van der Waals surface area contributed by atoms with Gasteiger partial charge in [0.15, 0.2) is 6.10 Å². The Kier molecular flexibility index (Phi) is 50.9. The molecule has 0 aromatic carbocycles. The number of hydrogen-bond donors (Lipinski definition) is 0. The molecule has 0 radical (unpaired) electrons.